The first-order valence-corrected chi connectivity index (χ1v) is 9.70. The van der Waals surface area contributed by atoms with Gasteiger partial charge in [0.25, 0.3) is 0 Å². The first kappa shape index (κ1) is 19.0. The van der Waals surface area contributed by atoms with E-state index < -0.39 is 5.97 Å². The lowest BCUT2D eigenvalue weighted by Gasteiger charge is -2.28. The number of aryl methyl sites for hydroxylation is 1. The fourth-order valence-corrected chi connectivity index (χ4v) is 3.80. The van der Waals surface area contributed by atoms with Crippen molar-refractivity contribution in [3.63, 3.8) is 0 Å². The molecule has 0 spiro atoms. The molecule has 2 heterocycles. The van der Waals surface area contributed by atoms with Crippen LogP contribution in [0.1, 0.15) is 31.4 Å². The van der Waals surface area contributed by atoms with Gasteiger partial charge in [0, 0.05) is 42.1 Å². The Morgan fingerprint density at radius 1 is 1.10 bits per heavy atom. The van der Waals surface area contributed by atoms with Crippen LogP contribution in [0, 0.1) is 0 Å². The van der Waals surface area contributed by atoms with Gasteiger partial charge in [-0.15, -0.1) is 0 Å². The number of anilines is 3. The molecule has 0 radical (unpaired) electrons. The van der Waals surface area contributed by atoms with Gasteiger partial charge in [-0.2, -0.15) is 0 Å². The number of amides is 2. The third kappa shape index (κ3) is 3.68. The Kier molecular flexibility index (Phi) is 4.74. The van der Waals surface area contributed by atoms with E-state index in [2.05, 4.69) is 24.2 Å². The predicted octanol–water partition coefficient (Wildman–Crippen LogP) is 3.84. The van der Waals surface area contributed by atoms with Crippen LogP contribution in [-0.4, -0.2) is 36.5 Å². The molecule has 4 rings (SSSR count). The third-order valence-electron chi connectivity index (χ3n) is 5.47. The monoisotopic (exact) mass is 392 g/mol. The van der Waals surface area contributed by atoms with Gasteiger partial charge < -0.3 is 10.4 Å². The molecule has 7 heteroatoms. The van der Waals surface area contributed by atoms with E-state index in [1.807, 2.05) is 42.5 Å². The second kappa shape index (κ2) is 7.24. The van der Waals surface area contributed by atoms with Crippen LogP contribution >= 0.6 is 0 Å². The summed E-state index contributed by atoms with van der Waals surface area (Å²) in [5, 5.41) is 12.0. The van der Waals surface area contributed by atoms with E-state index in [1.165, 1.54) is 0 Å². The van der Waals surface area contributed by atoms with Crippen LogP contribution in [0.15, 0.2) is 47.5 Å². The highest BCUT2D eigenvalue weighted by Gasteiger charge is 2.32. The number of fused-ring (bicyclic) bond motifs is 1. The molecule has 29 heavy (non-hydrogen) atoms. The molecule has 0 unspecified atom stereocenters. The van der Waals surface area contributed by atoms with Gasteiger partial charge in [0.05, 0.1) is 11.9 Å². The lowest BCUT2D eigenvalue weighted by molar-refractivity contribution is -0.136. The number of carbonyl (C=O) groups excluding carboxylic acids is 1. The largest absolute Gasteiger partial charge is 0.481 e. The molecule has 0 bridgehead atoms. The molecule has 1 fully saturated rings. The number of carboxylic acids is 1. The molecule has 2 aliphatic heterocycles. The minimum absolute atomic E-state index is 0.0630. The number of nitrogens with one attached hydrogen (secondary N) is 1. The Balaban J connectivity index is 1.50. The number of carbonyl (C=O) groups is 2. The lowest BCUT2D eigenvalue weighted by atomic mass is 9.92. The summed E-state index contributed by atoms with van der Waals surface area (Å²) in [7, 11) is 0. The summed E-state index contributed by atoms with van der Waals surface area (Å²) in [5.41, 5.74) is 4.40. The van der Waals surface area contributed by atoms with Gasteiger partial charge in [-0.25, -0.2) is 4.79 Å². The highest BCUT2D eigenvalue weighted by atomic mass is 16.4. The Morgan fingerprint density at radius 3 is 2.45 bits per heavy atom. The smallest absolute Gasteiger partial charge is 0.329 e. The molecular weight excluding hydrogens is 368 g/mol. The number of rotatable bonds is 5. The van der Waals surface area contributed by atoms with E-state index in [0.29, 0.717) is 19.5 Å². The maximum absolute atomic E-state index is 13.0. The van der Waals surface area contributed by atoms with Crippen molar-refractivity contribution in [3.05, 3.63) is 53.6 Å². The van der Waals surface area contributed by atoms with Gasteiger partial charge in [-0.1, -0.05) is 18.2 Å². The van der Waals surface area contributed by atoms with Crippen LogP contribution in [0.2, 0.25) is 0 Å². The van der Waals surface area contributed by atoms with Gasteiger partial charge in [-0.3, -0.25) is 19.6 Å². The zero-order valence-electron chi connectivity index (χ0n) is 16.6. The zero-order chi connectivity index (χ0) is 20.6. The second-order valence-corrected chi connectivity index (χ2v) is 7.84. The maximum Gasteiger partial charge on any atom is 0.329 e. The van der Waals surface area contributed by atoms with E-state index in [4.69, 9.17) is 5.11 Å². The van der Waals surface area contributed by atoms with Gasteiger partial charge in [0.1, 0.15) is 0 Å². The van der Waals surface area contributed by atoms with Crippen LogP contribution in [-0.2, 0) is 16.8 Å². The Labute approximate surface area is 169 Å². The zero-order valence-corrected chi connectivity index (χ0v) is 16.6. The molecule has 2 aromatic rings. The number of hydrogen-bond acceptors (Lipinski definition) is 4. The highest BCUT2D eigenvalue weighted by Crippen LogP contribution is 2.37. The minimum Gasteiger partial charge on any atom is -0.481 e. The van der Waals surface area contributed by atoms with Crippen molar-refractivity contribution in [2.75, 3.05) is 28.2 Å². The van der Waals surface area contributed by atoms with Crippen molar-refractivity contribution in [2.24, 2.45) is 4.99 Å². The van der Waals surface area contributed by atoms with E-state index in [0.717, 1.165) is 28.2 Å². The van der Waals surface area contributed by atoms with E-state index in [9.17, 15) is 9.59 Å². The number of aliphatic carboxylic acids is 1. The summed E-state index contributed by atoms with van der Waals surface area (Å²) in [4.78, 5) is 31.7. The summed E-state index contributed by atoms with van der Waals surface area (Å²) < 4.78 is 0. The summed E-state index contributed by atoms with van der Waals surface area (Å²) in [6, 6.07) is 13.5. The second-order valence-electron chi connectivity index (χ2n) is 7.84. The average Bonchev–Trinajstić information content (AvgIpc) is 3.07. The summed E-state index contributed by atoms with van der Waals surface area (Å²) >= 11 is 0. The van der Waals surface area contributed by atoms with Gasteiger partial charge >= 0.3 is 12.0 Å². The van der Waals surface area contributed by atoms with E-state index in [-0.39, 0.29) is 18.0 Å². The molecule has 0 atom stereocenters. The van der Waals surface area contributed by atoms with E-state index in [1.54, 1.807) is 16.1 Å². The number of benzene rings is 2. The minimum atomic E-state index is -0.811. The van der Waals surface area contributed by atoms with Crippen molar-refractivity contribution in [2.45, 2.75) is 32.2 Å². The van der Waals surface area contributed by atoms with Crippen molar-refractivity contribution in [1.29, 1.82) is 0 Å². The van der Waals surface area contributed by atoms with Crippen molar-refractivity contribution in [1.82, 2.24) is 0 Å². The van der Waals surface area contributed by atoms with Gasteiger partial charge in [0.15, 0.2) is 0 Å². The Hall–Kier alpha value is -3.35. The molecule has 2 N–H and O–H groups in total. The predicted molar refractivity (Wildman–Crippen MR) is 114 cm³/mol. The molecule has 0 saturated carbocycles. The highest BCUT2D eigenvalue weighted by molar-refractivity contribution is 6.06. The molecule has 7 nitrogen and oxygen atoms in total. The number of nitrogens with zero attached hydrogens (tertiary/aromatic N) is 3. The summed E-state index contributed by atoms with van der Waals surface area (Å²) in [6.45, 7) is 5.33. The molecule has 1 saturated heterocycles. The van der Waals surface area contributed by atoms with Crippen LogP contribution in [0.3, 0.4) is 0 Å². The van der Waals surface area contributed by atoms with Gasteiger partial charge in [-0.05, 0) is 50.1 Å². The Morgan fingerprint density at radius 2 is 1.76 bits per heavy atom. The summed E-state index contributed by atoms with van der Waals surface area (Å²) in [6.07, 6.45) is 2.29. The number of carboxylic acid groups (broad SMARTS) is 1. The molecular formula is C22H24N4O3. The first-order chi connectivity index (χ1) is 13.8. The third-order valence-corrected chi connectivity index (χ3v) is 5.47. The fraction of sp³-hybridized carbons (Fsp3) is 0.318. The van der Waals surface area contributed by atoms with Crippen molar-refractivity contribution in [3.8, 4) is 0 Å². The first-order valence-electron chi connectivity index (χ1n) is 9.70. The van der Waals surface area contributed by atoms with Crippen molar-refractivity contribution < 1.29 is 14.7 Å². The van der Waals surface area contributed by atoms with Crippen LogP contribution < -0.4 is 15.1 Å². The number of hydrogen-bond donors (Lipinski definition) is 2. The van der Waals surface area contributed by atoms with Crippen LogP contribution in [0.25, 0.3) is 0 Å². The molecule has 0 aliphatic carbocycles. The number of aliphatic imine (C=N–C) groups is 1. The molecule has 150 valence electrons. The quantitative estimate of drug-likeness (QED) is 0.810. The average molecular weight is 392 g/mol. The van der Waals surface area contributed by atoms with Gasteiger partial charge in [0.2, 0.25) is 0 Å². The van der Waals surface area contributed by atoms with Crippen LogP contribution in [0.5, 0.6) is 0 Å². The normalized spacial score (nSPS) is 17.2. The summed E-state index contributed by atoms with van der Waals surface area (Å²) in [5.74, 6) is -0.811. The van der Waals surface area contributed by atoms with E-state index >= 15 is 0 Å². The molecule has 2 aliphatic rings. The molecule has 2 amide bonds. The van der Waals surface area contributed by atoms with Crippen LogP contribution in [0.4, 0.5) is 21.9 Å². The topological polar surface area (TPSA) is 85.2 Å². The Bertz CT molecular complexity index is 982. The van der Waals surface area contributed by atoms with Crippen molar-refractivity contribution >= 4 is 35.4 Å². The molecule has 0 aromatic heterocycles. The maximum atomic E-state index is 13.0. The lowest BCUT2D eigenvalue weighted by Crippen LogP contribution is -2.32. The SMILES string of the molecule is CC1(C)N=CNc2cc(N3CCN(c4ccc(CCC(=O)O)cc4)C3=O)ccc21. The fourth-order valence-electron chi connectivity index (χ4n) is 3.80. The molecule has 2 aromatic carbocycles. The number of urea groups is 1. The standard InChI is InChI=1S/C22H24N4O3/c1-22(2)18-9-8-17(13-19(18)23-14-24-22)26-12-11-25(21(26)29)16-6-3-15(4-7-16)5-10-20(27)28/h3-4,6-9,13-14H,5,10-12H2,1-2H3,(H,23,24)(H,27,28).